The molecule has 4 nitrogen and oxygen atoms in total. The van der Waals surface area contributed by atoms with E-state index < -0.39 is 0 Å². The van der Waals surface area contributed by atoms with E-state index in [2.05, 4.69) is 51.5 Å². The Morgan fingerprint density at radius 3 is 2.42 bits per heavy atom. The number of ether oxygens (including phenoxy) is 1. The van der Waals surface area contributed by atoms with Crippen molar-refractivity contribution in [2.24, 2.45) is 23.7 Å². The highest BCUT2D eigenvalue weighted by Crippen LogP contribution is 2.23. The van der Waals surface area contributed by atoms with Gasteiger partial charge in [-0.2, -0.15) is 0 Å². The average molecular weight is 439 g/mol. The number of rotatable bonds is 18. The number of carbonyl (C=O) groups excluding carboxylic acids is 1. The number of Topliss-reactive ketones (excluding diaryl/α,β-unsaturated/α-hetero) is 1. The summed E-state index contributed by atoms with van der Waals surface area (Å²) in [7, 11) is 2.27. The van der Waals surface area contributed by atoms with Crippen LogP contribution in [-0.4, -0.2) is 68.6 Å². The fourth-order valence-corrected chi connectivity index (χ4v) is 4.78. The predicted octanol–water partition coefficient (Wildman–Crippen LogP) is 5.89. The fourth-order valence-electron chi connectivity index (χ4n) is 4.78. The Bertz CT molecular complexity index is 447. The first-order chi connectivity index (χ1) is 14.8. The number of hydrogen-bond donors (Lipinski definition) is 0. The van der Waals surface area contributed by atoms with Gasteiger partial charge in [0.05, 0.1) is 6.61 Å². The maximum absolute atomic E-state index is 12.3. The van der Waals surface area contributed by atoms with Gasteiger partial charge in [0, 0.05) is 32.0 Å². The molecule has 4 heteroatoms. The molecule has 2 unspecified atom stereocenters. The van der Waals surface area contributed by atoms with Crippen molar-refractivity contribution in [1.82, 2.24) is 9.80 Å². The summed E-state index contributed by atoms with van der Waals surface area (Å²) in [5, 5.41) is 0. The highest BCUT2D eigenvalue weighted by Gasteiger charge is 2.21. The van der Waals surface area contributed by atoms with Crippen molar-refractivity contribution in [3.63, 3.8) is 0 Å². The molecule has 0 aromatic rings. The van der Waals surface area contributed by atoms with Crippen LogP contribution < -0.4 is 0 Å². The number of likely N-dealkylation sites (tertiary alicyclic amines) is 1. The van der Waals surface area contributed by atoms with Gasteiger partial charge in [0.2, 0.25) is 0 Å². The van der Waals surface area contributed by atoms with Crippen LogP contribution in [0, 0.1) is 23.7 Å². The second-order valence-electron chi connectivity index (χ2n) is 10.8. The first kappa shape index (κ1) is 28.6. The highest BCUT2D eigenvalue weighted by molar-refractivity contribution is 5.80. The molecule has 1 aliphatic rings. The lowest BCUT2D eigenvalue weighted by Crippen LogP contribution is -2.37. The standard InChI is InChI=1S/C27H54N2O2/c1-7-8-9-19-31-20-15-27(30)25(5)11-10-24(4)22-29-17-13-26(14-18-29)12-16-28(6)21-23(2)3/h23-26H,7-22H2,1-6H3. The topological polar surface area (TPSA) is 32.8 Å². The minimum absolute atomic E-state index is 0.176. The van der Waals surface area contributed by atoms with Gasteiger partial charge in [-0.05, 0) is 83.0 Å². The third-order valence-electron chi connectivity index (χ3n) is 6.90. The molecule has 2 atom stereocenters. The molecular formula is C27H54N2O2. The van der Waals surface area contributed by atoms with Crippen molar-refractivity contribution in [2.75, 3.05) is 53.0 Å². The van der Waals surface area contributed by atoms with Gasteiger partial charge in [-0.1, -0.05) is 47.5 Å². The van der Waals surface area contributed by atoms with Crippen LogP contribution in [0.1, 0.15) is 92.4 Å². The molecule has 31 heavy (non-hydrogen) atoms. The SMILES string of the molecule is CCCCCOCCC(=O)C(C)CCC(C)CN1CCC(CCN(C)CC(C)C)CC1. The zero-order chi connectivity index (χ0) is 23.1. The van der Waals surface area contributed by atoms with Crippen LogP contribution in [-0.2, 0) is 9.53 Å². The second-order valence-corrected chi connectivity index (χ2v) is 10.8. The third-order valence-corrected chi connectivity index (χ3v) is 6.90. The molecule has 1 rings (SSSR count). The number of nitrogens with zero attached hydrogens (tertiary/aromatic N) is 2. The molecule has 1 fully saturated rings. The monoisotopic (exact) mass is 438 g/mol. The Kier molecular flexibility index (Phi) is 15.8. The number of piperidine rings is 1. The first-order valence-electron chi connectivity index (χ1n) is 13.3. The molecule has 0 amide bonds. The quantitative estimate of drug-likeness (QED) is 0.250. The summed E-state index contributed by atoms with van der Waals surface area (Å²) < 4.78 is 5.61. The zero-order valence-corrected chi connectivity index (χ0v) is 21.8. The van der Waals surface area contributed by atoms with Crippen molar-refractivity contribution in [2.45, 2.75) is 92.4 Å². The predicted molar refractivity (Wildman–Crippen MR) is 134 cm³/mol. The van der Waals surface area contributed by atoms with Crippen LogP contribution in [0.3, 0.4) is 0 Å². The van der Waals surface area contributed by atoms with Gasteiger partial charge in [-0.3, -0.25) is 4.79 Å². The van der Waals surface area contributed by atoms with Gasteiger partial charge in [0.25, 0.3) is 0 Å². The number of unbranched alkanes of at least 4 members (excludes halogenated alkanes) is 2. The highest BCUT2D eigenvalue weighted by atomic mass is 16.5. The maximum Gasteiger partial charge on any atom is 0.137 e. The molecule has 0 aliphatic carbocycles. The lowest BCUT2D eigenvalue weighted by molar-refractivity contribution is -0.123. The molecule has 0 radical (unpaired) electrons. The summed E-state index contributed by atoms with van der Waals surface area (Å²) in [6.45, 7) is 18.8. The van der Waals surface area contributed by atoms with E-state index >= 15 is 0 Å². The van der Waals surface area contributed by atoms with E-state index in [1.807, 2.05) is 0 Å². The van der Waals surface area contributed by atoms with Gasteiger partial charge in [-0.25, -0.2) is 0 Å². The van der Waals surface area contributed by atoms with Crippen molar-refractivity contribution in [3.05, 3.63) is 0 Å². The molecule has 1 aliphatic heterocycles. The minimum atomic E-state index is 0.176. The Morgan fingerprint density at radius 2 is 1.77 bits per heavy atom. The van der Waals surface area contributed by atoms with E-state index in [4.69, 9.17) is 4.74 Å². The van der Waals surface area contributed by atoms with E-state index in [1.165, 1.54) is 64.8 Å². The first-order valence-corrected chi connectivity index (χ1v) is 13.3. The lowest BCUT2D eigenvalue weighted by atomic mass is 9.91. The molecule has 184 valence electrons. The molecule has 0 saturated carbocycles. The van der Waals surface area contributed by atoms with Crippen molar-refractivity contribution in [1.29, 1.82) is 0 Å². The van der Waals surface area contributed by atoms with Crippen molar-refractivity contribution < 1.29 is 9.53 Å². The smallest absolute Gasteiger partial charge is 0.137 e. The molecule has 1 heterocycles. The third kappa shape index (κ3) is 14.3. The summed E-state index contributed by atoms with van der Waals surface area (Å²) in [5.74, 6) is 2.90. The molecule has 0 aromatic heterocycles. The summed E-state index contributed by atoms with van der Waals surface area (Å²) in [6, 6.07) is 0. The van der Waals surface area contributed by atoms with Gasteiger partial charge in [-0.15, -0.1) is 0 Å². The van der Waals surface area contributed by atoms with E-state index in [1.54, 1.807) is 0 Å². The van der Waals surface area contributed by atoms with Crippen LogP contribution in [0.4, 0.5) is 0 Å². The molecular weight excluding hydrogens is 384 g/mol. The van der Waals surface area contributed by atoms with E-state index in [9.17, 15) is 4.79 Å². The molecule has 1 saturated heterocycles. The summed E-state index contributed by atoms with van der Waals surface area (Å²) >= 11 is 0. The Labute approximate surface area is 194 Å². The van der Waals surface area contributed by atoms with Crippen LogP contribution in [0.25, 0.3) is 0 Å². The minimum Gasteiger partial charge on any atom is -0.381 e. The van der Waals surface area contributed by atoms with Crippen molar-refractivity contribution in [3.8, 4) is 0 Å². The average Bonchev–Trinajstić information content (AvgIpc) is 2.73. The van der Waals surface area contributed by atoms with Gasteiger partial charge in [0.15, 0.2) is 0 Å². The largest absolute Gasteiger partial charge is 0.381 e. The second kappa shape index (κ2) is 17.1. The Morgan fingerprint density at radius 1 is 1.06 bits per heavy atom. The van der Waals surface area contributed by atoms with Crippen LogP contribution in [0.2, 0.25) is 0 Å². The molecule has 0 N–H and O–H groups in total. The number of ketones is 1. The Hall–Kier alpha value is -0.450. The van der Waals surface area contributed by atoms with E-state index in [0.29, 0.717) is 24.7 Å². The number of carbonyl (C=O) groups is 1. The molecule has 0 aromatic carbocycles. The lowest BCUT2D eigenvalue weighted by Gasteiger charge is -2.34. The zero-order valence-electron chi connectivity index (χ0n) is 21.8. The van der Waals surface area contributed by atoms with Crippen LogP contribution in [0.15, 0.2) is 0 Å². The van der Waals surface area contributed by atoms with Crippen LogP contribution >= 0.6 is 0 Å². The summed E-state index contributed by atoms with van der Waals surface area (Å²) in [4.78, 5) is 17.5. The van der Waals surface area contributed by atoms with Gasteiger partial charge >= 0.3 is 0 Å². The fraction of sp³-hybridized carbons (Fsp3) is 0.963. The van der Waals surface area contributed by atoms with Gasteiger partial charge in [0.1, 0.15) is 5.78 Å². The van der Waals surface area contributed by atoms with E-state index in [0.717, 1.165) is 37.7 Å². The van der Waals surface area contributed by atoms with E-state index in [-0.39, 0.29) is 5.92 Å². The Balaban J connectivity index is 2.10. The summed E-state index contributed by atoms with van der Waals surface area (Å²) in [6.07, 6.45) is 10.4. The van der Waals surface area contributed by atoms with Crippen molar-refractivity contribution >= 4 is 5.78 Å². The molecule has 0 bridgehead atoms. The maximum atomic E-state index is 12.3. The number of hydrogen-bond acceptors (Lipinski definition) is 4. The molecule has 0 spiro atoms. The normalized spacial score (nSPS) is 18.1. The van der Waals surface area contributed by atoms with Crippen LogP contribution in [0.5, 0.6) is 0 Å². The van der Waals surface area contributed by atoms with Gasteiger partial charge < -0.3 is 14.5 Å². The summed E-state index contributed by atoms with van der Waals surface area (Å²) in [5.41, 5.74) is 0.